The van der Waals surface area contributed by atoms with Gasteiger partial charge < -0.3 is 10.1 Å². The molecule has 0 saturated heterocycles. The summed E-state index contributed by atoms with van der Waals surface area (Å²) in [5.41, 5.74) is 4.65. The lowest BCUT2D eigenvalue weighted by atomic mass is 10.0. The number of carbonyl (C=O) groups is 1. The molecule has 1 aromatic carbocycles. The van der Waals surface area contributed by atoms with Gasteiger partial charge in [-0.15, -0.1) is 0 Å². The maximum Gasteiger partial charge on any atom is 0.269 e. The van der Waals surface area contributed by atoms with Gasteiger partial charge in [-0.25, -0.2) is 9.37 Å². The van der Waals surface area contributed by atoms with Gasteiger partial charge >= 0.3 is 0 Å². The van der Waals surface area contributed by atoms with E-state index in [4.69, 9.17) is 4.74 Å². The van der Waals surface area contributed by atoms with Gasteiger partial charge in [0.15, 0.2) is 0 Å². The Morgan fingerprint density at radius 3 is 2.83 bits per heavy atom. The number of aryl methyl sites for hydroxylation is 4. The van der Waals surface area contributed by atoms with E-state index >= 15 is 0 Å². The van der Waals surface area contributed by atoms with Gasteiger partial charge in [-0.1, -0.05) is 0 Å². The average molecular weight is 395 g/mol. The summed E-state index contributed by atoms with van der Waals surface area (Å²) in [4.78, 5) is 21.3. The first-order valence-electron chi connectivity index (χ1n) is 9.41. The van der Waals surface area contributed by atoms with E-state index in [1.807, 2.05) is 20.8 Å². The van der Waals surface area contributed by atoms with Crippen molar-refractivity contribution in [1.29, 1.82) is 0 Å². The van der Waals surface area contributed by atoms with Gasteiger partial charge in [0.2, 0.25) is 0 Å². The molecule has 0 aliphatic carbocycles. The third-order valence-electron chi connectivity index (χ3n) is 4.98. The highest BCUT2D eigenvalue weighted by Crippen LogP contribution is 2.40. The molecule has 150 valence electrons. The molecule has 0 fully saturated rings. The second-order valence-electron chi connectivity index (χ2n) is 7.30. The minimum Gasteiger partial charge on any atom is -0.487 e. The first-order chi connectivity index (χ1) is 13.8. The van der Waals surface area contributed by atoms with Crippen molar-refractivity contribution in [2.24, 2.45) is 7.05 Å². The predicted molar refractivity (Wildman–Crippen MR) is 105 cm³/mol. The molecule has 3 aromatic rings. The van der Waals surface area contributed by atoms with Gasteiger partial charge in [0.1, 0.15) is 23.4 Å². The van der Waals surface area contributed by atoms with Crippen LogP contribution in [0.1, 0.15) is 33.1 Å². The molecule has 0 bridgehead atoms. The minimum absolute atomic E-state index is 0.242. The maximum atomic E-state index is 14.4. The third-order valence-corrected chi connectivity index (χ3v) is 4.98. The lowest BCUT2D eigenvalue weighted by Crippen LogP contribution is -2.35. The normalized spacial score (nSPS) is 15.1. The van der Waals surface area contributed by atoms with E-state index in [0.717, 1.165) is 17.1 Å². The van der Waals surface area contributed by atoms with Crippen molar-refractivity contribution in [2.45, 2.75) is 33.3 Å². The molecule has 7 nitrogen and oxygen atoms in total. The van der Waals surface area contributed by atoms with Crippen molar-refractivity contribution >= 4 is 5.91 Å². The highest BCUT2D eigenvalue weighted by molar-refractivity contribution is 5.92. The molecule has 1 unspecified atom stereocenters. The van der Waals surface area contributed by atoms with Crippen LogP contribution in [-0.4, -0.2) is 38.3 Å². The van der Waals surface area contributed by atoms with Crippen LogP contribution in [0.4, 0.5) is 4.39 Å². The summed E-state index contributed by atoms with van der Waals surface area (Å²) in [5.74, 6) is -0.0875. The summed E-state index contributed by atoms with van der Waals surface area (Å²) in [6, 6.07) is 4.82. The maximum absolute atomic E-state index is 14.4. The van der Waals surface area contributed by atoms with E-state index in [9.17, 15) is 9.18 Å². The zero-order valence-electron chi connectivity index (χ0n) is 16.8. The zero-order valence-corrected chi connectivity index (χ0v) is 16.8. The van der Waals surface area contributed by atoms with Gasteiger partial charge in [-0.3, -0.25) is 14.5 Å². The Morgan fingerprint density at radius 2 is 2.10 bits per heavy atom. The Labute approximate surface area is 167 Å². The molecule has 1 N–H and O–H groups in total. The molecule has 29 heavy (non-hydrogen) atoms. The third kappa shape index (κ3) is 3.57. The summed E-state index contributed by atoms with van der Waals surface area (Å²) < 4.78 is 22.0. The van der Waals surface area contributed by atoms with Crippen LogP contribution in [0.15, 0.2) is 24.4 Å². The van der Waals surface area contributed by atoms with E-state index in [2.05, 4.69) is 20.4 Å². The molecular weight excluding hydrogens is 373 g/mol. The van der Waals surface area contributed by atoms with E-state index in [0.29, 0.717) is 34.7 Å². The van der Waals surface area contributed by atoms with Crippen LogP contribution in [0.25, 0.3) is 11.3 Å². The van der Waals surface area contributed by atoms with E-state index < -0.39 is 0 Å². The highest BCUT2D eigenvalue weighted by Gasteiger charge is 2.30. The van der Waals surface area contributed by atoms with Crippen molar-refractivity contribution in [3.63, 3.8) is 0 Å². The lowest BCUT2D eigenvalue weighted by Gasteiger charge is -2.14. The van der Waals surface area contributed by atoms with Crippen molar-refractivity contribution in [1.82, 2.24) is 25.1 Å². The number of rotatable bonds is 4. The fourth-order valence-corrected chi connectivity index (χ4v) is 3.58. The van der Waals surface area contributed by atoms with Gasteiger partial charge in [0.25, 0.3) is 5.91 Å². The smallest absolute Gasteiger partial charge is 0.269 e. The number of fused-ring (bicyclic) bond motifs is 1. The largest absolute Gasteiger partial charge is 0.487 e. The van der Waals surface area contributed by atoms with E-state index in [1.165, 1.54) is 10.7 Å². The zero-order chi connectivity index (χ0) is 20.7. The molecule has 3 heterocycles. The van der Waals surface area contributed by atoms with Crippen molar-refractivity contribution < 1.29 is 13.9 Å². The van der Waals surface area contributed by atoms with Crippen molar-refractivity contribution in [2.75, 3.05) is 6.54 Å². The Balaban J connectivity index is 1.55. The number of nitrogens with one attached hydrogen (secondary N) is 1. The average Bonchev–Trinajstić information content (AvgIpc) is 3.26. The first kappa shape index (κ1) is 19.0. The molecule has 0 radical (unpaired) electrons. The fraction of sp³-hybridized carbons (Fsp3) is 0.333. The second kappa shape index (κ2) is 7.27. The number of carbonyl (C=O) groups excluding carboxylic acids is 1. The molecule has 1 aliphatic rings. The van der Waals surface area contributed by atoms with Gasteiger partial charge in [0.05, 0.1) is 29.3 Å². The molecule has 1 amide bonds. The quantitative estimate of drug-likeness (QED) is 0.735. The number of ether oxygens (including phenoxy) is 1. The SMILES string of the molecule is Cc1cnc(C)c(-c2ccc(F)c3c2OC(CNC(=O)c2cc(C)nn2C)C3)n1. The van der Waals surface area contributed by atoms with Crippen LogP contribution in [0, 0.1) is 26.6 Å². The number of nitrogens with zero attached hydrogens (tertiary/aromatic N) is 4. The predicted octanol–water partition coefficient (Wildman–Crippen LogP) is 2.67. The lowest BCUT2D eigenvalue weighted by molar-refractivity contribution is 0.0924. The van der Waals surface area contributed by atoms with Crippen LogP contribution in [0.5, 0.6) is 5.75 Å². The first-order valence-corrected chi connectivity index (χ1v) is 9.41. The number of halogens is 1. The topological polar surface area (TPSA) is 81.9 Å². The molecule has 1 aliphatic heterocycles. The van der Waals surface area contributed by atoms with Crippen molar-refractivity contribution in [3.8, 4) is 17.0 Å². The summed E-state index contributed by atoms with van der Waals surface area (Å²) in [7, 11) is 1.72. The number of hydrogen-bond acceptors (Lipinski definition) is 5. The number of benzene rings is 1. The van der Waals surface area contributed by atoms with Crippen LogP contribution < -0.4 is 10.1 Å². The molecule has 4 rings (SSSR count). The Bertz CT molecular complexity index is 1110. The molecule has 0 saturated carbocycles. The fourth-order valence-electron chi connectivity index (χ4n) is 3.58. The summed E-state index contributed by atoms with van der Waals surface area (Å²) in [6.07, 6.45) is 1.71. The second-order valence-corrected chi connectivity index (χ2v) is 7.30. The van der Waals surface area contributed by atoms with Gasteiger partial charge in [-0.2, -0.15) is 5.10 Å². The van der Waals surface area contributed by atoms with E-state index in [-0.39, 0.29) is 24.4 Å². The Morgan fingerprint density at radius 1 is 1.31 bits per heavy atom. The molecule has 1 atom stereocenters. The molecule has 8 heteroatoms. The summed E-state index contributed by atoms with van der Waals surface area (Å²) >= 11 is 0. The number of hydrogen-bond donors (Lipinski definition) is 1. The van der Waals surface area contributed by atoms with Gasteiger partial charge in [0, 0.05) is 30.8 Å². The summed E-state index contributed by atoms with van der Waals surface area (Å²) in [6.45, 7) is 5.81. The number of aromatic nitrogens is 4. The Hall–Kier alpha value is -3.29. The van der Waals surface area contributed by atoms with Crippen LogP contribution in [-0.2, 0) is 13.5 Å². The summed E-state index contributed by atoms with van der Waals surface area (Å²) in [5, 5.41) is 7.03. The molecule has 0 spiro atoms. The number of amides is 1. The minimum atomic E-state index is -0.364. The van der Waals surface area contributed by atoms with Crippen LogP contribution in [0.2, 0.25) is 0 Å². The standard InChI is InChI=1S/C21H22FN5O2/c1-11-7-18(27(4)26-11)21(28)24-10-14-8-16-17(22)6-5-15(20(16)29-14)19-13(3)23-9-12(2)25-19/h5-7,9,14H,8,10H2,1-4H3,(H,24,28). The van der Waals surface area contributed by atoms with Crippen LogP contribution in [0.3, 0.4) is 0 Å². The molecular formula is C21H22FN5O2. The van der Waals surface area contributed by atoms with Crippen molar-refractivity contribution in [3.05, 3.63) is 58.6 Å². The highest BCUT2D eigenvalue weighted by atomic mass is 19.1. The molecule has 2 aromatic heterocycles. The van der Waals surface area contributed by atoms with Crippen LogP contribution >= 0.6 is 0 Å². The van der Waals surface area contributed by atoms with E-state index in [1.54, 1.807) is 25.4 Å². The monoisotopic (exact) mass is 395 g/mol. The van der Waals surface area contributed by atoms with Gasteiger partial charge in [-0.05, 0) is 39.0 Å². The Kier molecular flexibility index (Phi) is 4.77.